The number of hydrogen-bond acceptors (Lipinski definition) is 6. The summed E-state index contributed by atoms with van der Waals surface area (Å²) in [5.41, 5.74) is 8.78. The highest BCUT2D eigenvalue weighted by Crippen LogP contribution is 2.40. The lowest BCUT2D eigenvalue weighted by Gasteiger charge is -2.03. The summed E-state index contributed by atoms with van der Waals surface area (Å²) in [5.74, 6) is 1.64. The molecule has 3 heterocycles. The fraction of sp³-hybridized carbons (Fsp3) is 0.143. The van der Waals surface area contributed by atoms with Gasteiger partial charge in [0, 0.05) is 13.2 Å². The molecule has 0 spiro atoms. The second-order valence-electron chi connectivity index (χ2n) is 4.71. The molecule has 0 radical (unpaired) electrons. The van der Waals surface area contributed by atoms with E-state index >= 15 is 0 Å². The van der Waals surface area contributed by atoms with Gasteiger partial charge in [-0.3, -0.25) is 4.68 Å². The van der Waals surface area contributed by atoms with Crippen molar-refractivity contribution in [2.75, 3.05) is 12.5 Å². The molecule has 1 aliphatic rings. The number of aryl methyl sites for hydroxylation is 1. The minimum absolute atomic E-state index is 0.227. The van der Waals surface area contributed by atoms with Crippen molar-refractivity contribution >= 4 is 5.88 Å². The number of ether oxygens (including phenoxy) is 2. The maximum Gasteiger partial charge on any atom is 0.231 e. The van der Waals surface area contributed by atoms with Gasteiger partial charge in [-0.2, -0.15) is 5.10 Å². The Kier molecular flexibility index (Phi) is 2.41. The Bertz CT molecular complexity index is 821. The van der Waals surface area contributed by atoms with Crippen LogP contribution in [0.25, 0.3) is 22.5 Å². The molecule has 0 fully saturated rings. The van der Waals surface area contributed by atoms with Crippen molar-refractivity contribution in [1.29, 1.82) is 0 Å². The third kappa shape index (κ3) is 1.82. The third-order valence-corrected chi connectivity index (χ3v) is 3.34. The first-order valence-corrected chi connectivity index (χ1v) is 6.37. The van der Waals surface area contributed by atoms with E-state index in [2.05, 4.69) is 10.3 Å². The summed E-state index contributed by atoms with van der Waals surface area (Å²) in [6, 6.07) is 7.45. The molecule has 7 heteroatoms. The Hall–Kier alpha value is -2.96. The van der Waals surface area contributed by atoms with Crippen LogP contribution in [0.3, 0.4) is 0 Å². The second-order valence-corrected chi connectivity index (χ2v) is 4.71. The molecule has 21 heavy (non-hydrogen) atoms. The van der Waals surface area contributed by atoms with Gasteiger partial charge in [-0.25, -0.2) is 0 Å². The zero-order valence-corrected chi connectivity index (χ0v) is 11.2. The summed E-state index contributed by atoms with van der Waals surface area (Å²) in [4.78, 5) is 0. The van der Waals surface area contributed by atoms with Gasteiger partial charge in [0.25, 0.3) is 0 Å². The molecule has 0 saturated carbocycles. The molecule has 0 atom stereocenters. The highest BCUT2D eigenvalue weighted by atomic mass is 16.7. The largest absolute Gasteiger partial charge is 0.454 e. The number of nitrogens with two attached hydrogens (primary N) is 1. The number of nitrogens with zero attached hydrogens (tertiary/aromatic N) is 3. The SMILES string of the molecule is Cn1ccc(-c2noc(N)c2-c2ccc3c(c2)OCO3)n1. The minimum Gasteiger partial charge on any atom is -0.454 e. The van der Waals surface area contributed by atoms with Gasteiger partial charge in [-0.1, -0.05) is 11.2 Å². The highest BCUT2D eigenvalue weighted by molar-refractivity contribution is 5.86. The average Bonchev–Trinajstić information content (AvgIpc) is 3.17. The standard InChI is InChI=1S/C14H12N4O3/c1-18-5-4-9(16-18)13-12(14(15)21-17-13)8-2-3-10-11(6-8)20-7-19-10/h2-6H,7,15H2,1H3. The second kappa shape index (κ2) is 4.27. The lowest BCUT2D eigenvalue weighted by Crippen LogP contribution is -1.93. The molecule has 0 aliphatic carbocycles. The number of rotatable bonds is 2. The van der Waals surface area contributed by atoms with E-state index in [-0.39, 0.29) is 12.7 Å². The fourth-order valence-electron chi connectivity index (χ4n) is 2.35. The van der Waals surface area contributed by atoms with Gasteiger partial charge in [0.15, 0.2) is 11.5 Å². The Morgan fingerprint density at radius 2 is 2.05 bits per heavy atom. The van der Waals surface area contributed by atoms with Gasteiger partial charge in [0.1, 0.15) is 11.4 Å². The summed E-state index contributed by atoms with van der Waals surface area (Å²) in [5, 5.41) is 8.36. The predicted octanol–water partition coefficient (Wildman–Crippen LogP) is 2.05. The number of nitrogen functional groups attached to an aromatic ring is 1. The van der Waals surface area contributed by atoms with E-state index in [9.17, 15) is 0 Å². The van der Waals surface area contributed by atoms with E-state index in [1.54, 1.807) is 4.68 Å². The summed E-state index contributed by atoms with van der Waals surface area (Å²) in [6.07, 6.45) is 1.84. The van der Waals surface area contributed by atoms with Crippen molar-refractivity contribution in [2.45, 2.75) is 0 Å². The third-order valence-electron chi connectivity index (χ3n) is 3.34. The van der Waals surface area contributed by atoms with E-state index < -0.39 is 0 Å². The molecule has 4 rings (SSSR count). The number of anilines is 1. The van der Waals surface area contributed by atoms with Crippen LogP contribution in [-0.2, 0) is 7.05 Å². The van der Waals surface area contributed by atoms with Crippen molar-refractivity contribution in [1.82, 2.24) is 14.9 Å². The predicted molar refractivity (Wildman–Crippen MR) is 74.7 cm³/mol. The molecule has 0 saturated heterocycles. The van der Waals surface area contributed by atoms with Gasteiger partial charge in [0.05, 0.1) is 5.56 Å². The molecule has 1 aliphatic heterocycles. The number of fused-ring (bicyclic) bond motifs is 1. The van der Waals surface area contributed by atoms with Crippen LogP contribution in [0.1, 0.15) is 0 Å². The Morgan fingerprint density at radius 1 is 1.19 bits per heavy atom. The summed E-state index contributed by atoms with van der Waals surface area (Å²) in [7, 11) is 1.84. The topological polar surface area (TPSA) is 88.3 Å². The van der Waals surface area contributed by atoms with Gasteiger partial charge < -0.3 is 19.7 Å². The summed E-state index contributed by atoms with van der Waals surface area (Å²) in [6.45, 7) is 0.227. The van der Waals surface area contributed by atoms with Crippen LogP contribution >= 0.6 is 0 Å². The van der Waals surface area contributed by atoms with Crippen molar-refractivity contribution in [3.8, 4) is 34.0 Å². The van der Waals surface area contributed by atoms with Crippen LogP contribution in [0.4, 0.5) is 5.88 Å². The number of hydrogen-bond donors (Lipinski definition) is 1. The molecule has 106 valence electrons. The molecule has 0 unspecified atom stereocenters. The fourth-order valence-corrected chi connectivity index (χ4v) is 2.35. The van der Waals surface area contributed by atoms with E-state index in [4.69, 9.17) is 19.7 Å². The van der Waals surface area contributed by atoms with Crippen LogP contribution < -0.4 is 15.2 Å². The number of benzene rings is 1. The van der Waals surface area contributed by atoms with Gasteiger partial charge >= 0.3 is 0 Å². The van der Waals surface area contributed by atoms with E-state index in [0.29, 0.717) is 28.5 Å². The van der Waals surface area contributed by atoms with Crippen LogP contribution in [0.15, 0.2) is 35.0 Å². The zero-order chi connectivity index (χ0) is 14.4. The van der Waals surface area contributed by atoms with Crippen molar-refractivity contribution in [3.05, 3.63) is 30.5 Å². The van der Waals surface area contributed by atoms with Crippen LogP contribution in [0, 0.1) is 0 Å². The highest BCUT2D eigenvalue weighted by Gasteiger charge is 2.22. The Morgan fingerprint density at radius 3 is 2.86 bits per heavy atom. The summed E-state index contributed by atoms with van der Waals surface area (Å²) < 4.78 is 17.5. The van der Waals surface area contributed by atoms with Crippen LogP contribution in [-0.4, -0.2) is 21.7 Å². The molecule has 1 aromatic carbocycles. The smallest absolute Gasteiger partial charge is 0.231 e. The number of aromatic nitrogens is 3. The Balaban J connectivity index is 1.87. The monoisotopic (exact) mass is 284 g/mol. The van der Waals surface area contributed by atoms with Crippen molar-refractivity contribution in [3.63, 3.8) is 0 Å². The molecular formula is C14H12N4O3. The molecule has 0 amide bonds. The van der Waals surface area contributed by atoms with Crippen LogP contribution in [0.5, 0.6) is 11.5 Å². The van der Waals surface area contributed by atoms with Crippen LogP contribution in [0.2, 0.25) is 0 Å². The maximum atomic E-state index is 5.93. The first-order chi connectivity index (χ1) is 10.2. The van der Waals surface area contributed by atoms with Gasteiger partial charge in [-0.05, 0) is 23.8 Å². The average molecular weight is 284 g/mol. The molecule has 2 aromatic heterocycles. The zero-order valence-electron chi connectivity index (χ0n) is 11.2. The molecule has 2 N–H and O–H groups in total. The van der Waals surface area contributed by atoms with E-state index in [1.165, 1.54) is 0 Å². The minimum atomic E-state index is 0.227. The first kappa shape index (κ1) is 11.8. The maximum absolute atomic E-state index is 5.93. The first-order valence-electron chi connectivity index (χ1n) is 6.37. The van der Waals surface area contributed by atoms with Gasteiger partial charge in [0.2, 0.25) is 12.7 Å². The normalized spacial score (nSPS) is 12.8. The van der Waals surface area contributed by atoms with Crippen molar-refractivity contribution in [2.24, 2.45) is 7.05 Å². The summed E-state index contributed by atoms with van der Waals surface area (Å²) >= 11 is 0. The molecule has 0 bridgehead atoms. The van der Waals surface area contributed by atoms with E-state index in [1.807, 2.05) is 37.5 Å². The quantitative estimate of drug-likeness (QED) is 0.774. The lowest BCUT2D eigenvalue weighted by atomic mass is 10.0. The molecule has 7 nitrogen and oxygen atoms in total. The molecule has 3 aromatic rings. The van der Waals surface area contributed by atoms with Crippen molar-refractivity contribution < 1.29 is 14.0 Å². The van der Waals surface area contributed by atoms with Gasteiger partial charge in [-0.15, -0.1) is 0 Å². The lowest BCUT2D eigenvalue weighted by molar-refractivity contribution is 0.174. The molecular weight excluding hydrogens is 272 g/mol. The van der Waals surface area contributed by atoms with E-state index in [0.717, 1.165) is 5.56 Å². The Labute approximate surface area is 119 Å².